The molecule has 0 saturated carbocycles. The number of hydrogen-bond acceptors (Lipinski definition) is 5. The summed E-state index contributed by atoms with van der Waals surface area (Å²) in [5, 5.41) is 21.1. The molecule has 6 heteroatoms. The molecule has 16 heavy (non-hydrogen) atoms. The minimum Gasteiger partial charge on any atom is -0.508 e. The maximum absolute atomic E-state index is 11.3. The number of phenolic OH excluding ortho intramolecular Hbond substituents is 2. The fourth-order valence-corrected chi connectivity index (χ4v) is 2.25. The number of carbonyl (C=O) groups is 1. The van der Waals surface area contributed by atoms with E-state index in [0.717, 1.165) is 11.8 Å². The van der Waals surface area contributed by atoms with Crippen molar-refractivity contribution >= 4 is 40.3 Å². The van der Waals surface area contributed by atoms with Gasteiger partial charge < -0.3 is 15.5 Å². The Morgan fingerprint density at radius 2 is 2.12 bits per heavy atom. The highest BCUT2D eigenvalue weighted by molar-refractivity contribution is 8.26. The zero-order valence-corrected chi connectivity index (χ0v) is 9.56. The van der Waals surface area contributed by atoms with Crippen molar-refractivity contribution in [2.24, 2.45) is 0 Å². The van der Waals surface area contributed by atoms with Crippen molar-refractivity contribution in [3.63, 3.8) is 0 Å². The van der Waals surface area contributed by atoms with E-state index in [1.807, 2.05) is 0 Å². The lowest BCUT2D eigenvalue weighted by molar-refractivity contribution is -0.115. The van der Waals surface area contributed by atoms with Gasteiger partial charge in [0.2, 0.25) is 0 Å². The van der Waals surface area contributed by atoms with Gasteiger partial charge in [-0.1, -0.05) is 24.0 Å². The second kappa shape index (κ2) is 4.15. The normalized spacial score (nSPS) is 17.9. The van der Waals surface area contributed by atoms with Crippen LogP contribution in [0.4, 0.5) is 0 Å². The third kappa shape index (κ3) is 2.17. The third-order valence-electron chi connectivity index (χ3n) is 1.94. The molecule has 0 atom stereocenters. The standard InChI is InChI=1S/C10H7NO3S2/c12-6-2-1-5(7(13)4-6)3-8-9(14)11-10(15)16-8/h1-4,12-13H,(H,11,14,15)/b8-3+. The summed E-state index contributed by atoms with van der Waals surface area (Å²) in [6.45, 7) is 0. The smallest absolute Gasteiger partial charge is 0.263 e. The molecule has 0 unspecified atom stereocenters. The summed E-state index contributed by atoms with van der Waals surface area (Å²) in [4.78, 5) is 11.8. The predicted molar refractivity (Wildman–Crippen MR) is 66.1 cm³/mol. The van der Waals surface area contributed by atoms with Gasteiger partial charge >= 0.3 is 0 Å². The molecular weight excluding hydrogens is 246 g/mol. The molecule has 1 aliphatic heterocycles. The van der Waals surface area contributed by atoms with Crippen LogP contribution in [0.25, 0.3) is 6.08 Å². The topological polar surface area (TPSA) is 69.6 Å². The van der Waals surface area contributed by atoms with Crippen molar-refractivity contribution in [3.8, 4) is 11.5 Å². The first kappa shape index (κ1) is 11.0. The van der Waals surface area contributed by atoms with Crippen molar-refractivity contribution in [3.05, 3.63) is 28.7 Å². The first-order chi connectivity index (χ1) is 7.56. The molecule has 1 heterocycles. The Morgan fingerprint density at radius 1 is 1.38 bits per heavy atom. The zero-order valence-electron chi connectivity index (χ0n) is 7.93. The second-order valence-corrected chi connectivity index (χ2v) is 4.81. The summed E-state index contributed by atoms with van der Waals surface area (Å²) in [6, 6.07) is 4.16. The van der Waals surface area contributed by atoms with E-state index in [0.29, 0.717) is 14.8 Å². The first-order valence-electron chi connectivity index (χ1n) is 4.33. The average molecular weight is 253 g/mol. The Hall–Kier alpha value is -1.53. The number of hydrogen-bond donors (Lipinski definition) is 3. The lowest BCUT2D eigenvalue weighted by Gasteiger charge is -2.00. The summed E-state index contributed by atoms with van der Waals surface area (Å²) >= 11 is 5.97. The number of rotatable bonds is 1. The van der Waals surface area contributed by atoms with Crippen molar-refractivity contribution < 1.29 is 15.0 Å². The number of aromatic hydroxyl groups is 2. The van der Waals surface area contributed by atoms with Gasteiger partial charge in [-0.3, -0.25) is 4.79 Å². The van der Waals surface area contributed by atoms with Gasteiger partial charge in [0.15, 0.2) is 0 Å². The number of phenols is 2. The van der Waals surface area contributed by atoms with Gasteiger partial charge in [-0.2, -0.15) is 0 Å². The van der Waals surface area contributed by atoms with E-state index < -0.39 is 0 Å². The van der Waals surface area contributed by atoms with E-state index in [2.05, 4.69) is 5.32 Å². The molecule has 0 radical (unpaired) electrons. The van der Waals surface area contributed by atoms with Gasteiger partial charge in [0, 0.05) is 11.6 Å². The number of thioether (sulfide) groups is 1. The van der Waals surface area contributed by atoms with E-state index in [1.165, 1.54) is 24.3 Å². The van der Waals surface area contributed by atoms with Gasteiger partial charge in [0.05, 0.1) is 4.91 Å². The van der Waals surface area contributed by atoms with Crippen LogP contribution in [0.1, 0.15) is 5.56 Å². The Labute approximate surface area is 101 Å². The molecule has 3 N–H and O–H groups in total. The van der Waals surface area contributed by atoms with Gasteiger partial charge in [0.25, 0.3) is 5.91 Å². The summed E-state index contributed by atoms with van der Waals surface area (Å²) in [6.07, 6.45) is 1.52. The van der Waals surface area contributed by atoms with Crippen LogP contribution in [0.15, 0.2) is 23.1 Å². The highest BCUT2D eigenvalue weighted by Gasteiger charge is 2.22. The molecule has 2 rings (SSSR count). The number of thiocarbonyl (C=S) groups is 1. The number of benzene rings is 1. The largest absolute Gasteiger partial charge is 0.508 e. The lowest BCUT2D eigenvalue weighted by Crippen LogP contribution is -2.17. The van der Waals surface area contributed by atoms with Crippen molar-refractivity contribution in [2.75, 3.05) is 0 Å². The van der Waals surface area contributed by atoms with E-state index in [9.17, 15) is 9.90 Å². The van der Waals surface area contributed by atoms with Crippen LogP contribution in [-0.4, -0.2) is 20.4 Å². The predicted octanol–water partition coefficient (Wildman–Crippen LogP) is 1.59. The Kier molecular flexibility index (Phi) is 2.84. The Bertz CT molecular complexity index is 511. The molecule has 0 spiro atoms. The lowest BCUT2D eigenvalue weighted by atomic mass is 10.2. The molecule has 82 valence electrons. The molecule has 1 aromatic rings. The highest BCUT2D eigenvalue weighted by atomic mass is 32.2. The molecule has 4 nitrogen and oxygen atoms in total. The van der Waals surface area contributed by atoms with Gasteiger partial charge in [-0.25, -0.2) is 0 Å². The molecule has 1 saturated heterocycles. The monoisotopic (exact) mass is 253 g/mol. The van der Waals surface area contributed by atoms with E-state index in [-0.39, 0.29) is 17.4 Å². The van der Waals surface area contributed by atoms with Crippen LogP contribution < -0.4 is 5.32 Å². The van der Waals surface area contributed by atoms with Crippen molar-refractivity contribution in [1.29, 1.82) is 0 Å². The molecule has 0 bridgehead atoms. The van der Waals surface area contributed by atoms with Crippen LogP contribution in [0, 0.1) is 0 Å². The highest BCUT2D eigenvalue weighted by Crippen LogP contribution is 2.30. The molecule has 0 aromatic heterocycles. The van der Waals surface area contributed by atoms with Gasteiger partial charge in [-0.15, -0.1) is 0 Å². The zero-order chi connectivity index (χ0) is 11.7. The van der Waals surface area contributed by atoms with Crippen LogP contribution >= 0.6 is 24.0 Å². The van der Waals surface area contributed by atoms with Crippen molar-refractivity contribution in [1.82, 2.24) is 5.32 Å². The summed E-state index contributed by atoms with van der Waals surface area (Å²) in [5.74, 6) is -0.389. The minimum absolute atomic E-state index is 0.0290. The maximum atomic E-state index is 11.3. The van der Waals surface area contributed by atoms with Crippen LogP contribution in [0.2, 0.25) is 0 Å². The summed E-state index contributed by atoms with van der Waals surface area (Å²) in [7, 11) is 0. The Balaban J connectivity index is 2.36. The molecule has 1 aliphatic rings. The first-order valence-corrected chi connectivity index (χ1v) is 5.55. The van der Waals surface area contributed by atoms with Crippen LogP contribution in [0.3, 0.4) is 0 Å². The van der Waals surface area contributed by atoms with Gasteiger partial charge in [-0.05, 0) is 18.2 Å². The summed E-state index contributed by atoms with van der Waals surface area (Å²) in [5.41, 5.74) is 0.458. The van der Waals surface area contributed by atoms with Crippen LogP contribution in [0.5, 0.6) is 11.5 Å². The number of amides is 1. The van der Waals surface area contributed by atoms with Gasteiger partial charge in [0.1, 0.15) is 15.8 Å². The molecule has 1 amide bonds. The molecule has 1 fully saturated rings. The van der Waals surface area contributed by atoms with E-state index in [1.54, 1.807) is 0 Å². The van der Waals surface area contributed by atoms with Crippen LogP contribution in [-0.2, 0) is 4.79 Å². The molecular formula is C10H7NO3S2. The average Bonchev–Trinajstić information content (AvgIpc) is 2.50. The summed E-state index contributed by atoms with van der Waals surface area (Å²) < 4.78 is 0.398. The quantitative estimate of drug-likeness (QED) is 0.524. The number of nitrogens with one attached hydrogen (secondary N) is 1. The molecule has 0 aliphatic carbocycles. The maximum Gasteiger partial charge on any atom is 0.263 e. The number of carbonyl (C=O) groups excluding carboxylic acids is 1. The second-order valence-electron chi connectivity index (χ2n) is 3.10. The minimum atomic E-state index is -0.275. The fourth-order valence-electron chi connectivity index (χ4n) is 1.22. The fraction of sp³-hybridized carbons (Fsp3) is 0. The van der Waals surface area contributed by atoms with E-state index >= 15 is 0 Å². The molecule has 1 aromatic carbocycles. The third-order valence-corrected chi connectivity index (χ3v) is 3.11. The Morgan fingerprint density at radius 3 is 2.69 bits per heavy atom. The van der Waals surface area contributed by atoms with Crippen molar-refractivity contribution in [2.45, 2.75) is 0 Å². The SMILES string of the molecule is O=C1NC(=S)S/C1=C/c1ccc(O)cc1O. The van der Waals surface area contributed by atoms with E-state index in [4.69, 9.17) is 17.3 Å².